The van der Waals surface area contributed by atoms with Gasteiger partial charge in [-0.2, -0.15) is 4.31 Å². The lowest BCUT2D eigenvalue weighted by molar-refractivity contribution is 0.282. The lowest BCUT2D eigenvalue weighted by Gasteiger charge is -2.33. The van der Waals surface area contributed by atoms with Gasteiger partial charge in [-0.25, -0.2) is 8.42 Å². The molecule has 0 aliphatic carbocycles. The number of rotatable bonds is 4. The van der Waals surface area contributed by atoms with E-state index in [0.29, 0.717) is 35.6 Å². The molecule has 0 spiro atoms. The number of hydrogen-bond donors (Lipinski definition) is 1. The normalized spacial score (nSPS) is 20.3. The quantitative estimate of drug-likeness (QED) is 0.858. The Morgan fingerprint density at radius 3 is 2.52 bits per heavy atom. The molecule has 1 fully saturated rings. The second-order valence-electron chi connectivity index (χ2n) is 4.81. The lowest BCUT2D eigenvalue weighted by atomic mass is 10.3. The molecule has 0 amide bonds. The van der Waals surface area contributed by atoms with Gasteiger partial charge >= 0.3 is 0 Å². The molecule has 1 aromatic rings. The van der Waals surface area contributed by atoms with E-state index in [1.54, 1.807) is 6.07 Å². The van der Waals surface area contributed by atoms with Crippen molar-refractivity contribution in [3.8, 4) is 11.5 Å². The first-order chi connectivity index (χ1) is 9.91. The van der Waals surface area contributed by atoms with Crippen LogP contribution in [0.25, 0.3) is 0 Å². The summed E-state index contributed by atoms with van der Waals surface area (Å²) >= 11 is 3.33. The second-order valence-corrected chi connectivity index (χ2v) is 7.52. The molecule has 0 bridgehead atoms. The molecule has 1 saturated heterocycles. The number of halogens is 1. The van der Waals surface area contributed by atoms with Crippen molar-refractivity contribution in [1.29, 1.82) is 0 Å². The van der Waals surface area contributed by atoms with E-state index in [9.17, 15) is 8.42 Å². The van der Waals surface area contributed by atoms with Gasteiger partial charge < -0.3 is 14.8 Å². The molecule has 21 heavy (non-hydrogen) atoms. The standard InChI is InChI=1S/C13H19BrN2O4S/c1-9-8-15-4-5-16(9)21(17,18)13-7-11(19-2)10(14)6-12(13)20-3/h6-7,9,15H,4-5,8H2,1-3H3. The van der Waals surface area contributed by atoms with Crippen molar-refractivity contribution < 1.29 is 17.9 Å². The van der Waals surface area contributed by atoms with E-state index in [1.165, 1.54) is 24.6 Å². The predicted molar refractivity (Wildman–Crippen MR) is 83.5 cm³/mol. The van der Waals surface area contributed by atoms with Crippen LogP contribution in [0.5, 0.6) is 11.5 Å². The van der Waals surface area contributed by atoms with Crippen LogP contribution in [0.4, 0.5) is 0 Å². The summed E-state index contributed by atoms with van der Waals surface area (Å²) in [7, 11) is -0.687. The highest BCUT2D eigenvalue weighted by Gasteiger charge is 2.33. The van der Waals surface area contributed by atoms with E-state index in [1.807, 2.05) is 6.92 Å². The summed E-state index contributed by atoms with van der Waals surface area (Å²) in [6.07, 6.45) is 0. The molecule has 1 aliphatic heterocycles. The maximum Gasteiger partial charge on any atom is 0.247 e. The first kappa shape index (κ1) is 16.5. The minimum atomic E-state index is -3.64. The van der Waals surface area contributed by atoms with E-state index in [-0.39, 0.29) is 10.9 Å². The Bertz CT molecular complexity index is 621. The molecule has 0 aromatic heterocycles. The Kier molecular flexibility index (Phi) is 5.13. The fourth-order valence-corrected chi connectivity index (χ4v) is 4.61. The Morgan fingerprint density at radius 2 is 1.95 bits per heavy atom. The highest BCUT2D eigenvalue weighted by Crippen LogP contribution is 2.37. The van der Waals surface area contributed by atoms with Gasteiger partial charge in [0, 0.05) is 31.7 Å². The van der Waals surface area contributed by atoms with Gasteiger partial charge in [-0.1, -0.05) is 0 Å². The van der Waals surface area contributed by atoms with E-state index in [2.05, 4.69) is 21.2 Å². The minimum Gasteiger partial charge on any atom is -0.496 e. The first-order valence-electron chi connectivity index (χ1n) is 6.56. The predicted octanol–water partition coefficient (Wildman–Crippen LogP) is 1.45. The van der Waals surface area contributed by atoms with Crippen molar-refractivity contribution >= 4 is 26.0 Å². The summed E-state index contributed by atoms with van der Waals surface area (Å²) in [6.45, 7) is 3.59. The molecule has 1 aliphatic rings. The van der Waals surface area contributed by atoms with Crippen LogP contribution >= 0.6 is 15.9 Å². The molecule has 1 heterocycles. The number of nitrogens with one attached hydrogen (secondary N) is 1. The third kappa shape index (κ3) is 3.18. The summed E-state index contributed by atoms with van der Waals surface area (Å²) in [4.78, 5) is 0.124. The van der Waals surface area contributed by atoms with Gasteiger partial charge in [0.25, 0.3) is 0 Å². The number of piperazine rings is 1. The van der Waals surface area contributed by atoms with Crippen molar-refractivity contribution in [3.05, 3.63) is 16.6 Å². The van der Waals surface area contributed by atoms with Gasteiger partial charge in [-0.05, 0) is 28.9 Å². The first-order valence-corrected chi connectivity index (χ1v) is 8.79. The number of benzene rings is 1. The molecule has 1 aromatic carbocycles. The number of hydrogen-bond acceptors (Lipinski definition) is 5. The summed E-state index contributed by atoms with van der Waals surface area (Å²) < 4.78 is 38.4. The zero-order chi connectivity index (χ0) is 15.6. The van der Waals surface area contributed by atoms with Gasteiger partial charge in [0.1, 0.15) is 16.4 Å². The molecular weight excluding hydrogens is 360 g/mol. The van der Waals surface area contributed by atoms with Crippen LogP contribution in [0.2, 0.25) is 0 Å². The fourth-order valence-electron chi connectivity index (χ4n) is 2.34. The van der Waals surface area contributed by atoms with Crippen LogP contribution in [-0.4, -0.2) is 52.6 Å². The maximum absolute atomic E-state index is 12.9. The van der Waals surface area contributed by atoms with E-state index in [0.717, 1.165) is 0 Å². The summed E-state index contributed by atoms with van der Waals surface area (Å²) in [6, 6.07) is 2.99. The summed E-state index contributed by atoms with van der Waals surface area (Å²) in [5.74, 6) is 0.755. The molecule has 1 N–H and O–H groups in total. The average molecular weight is 379 g/mol. The third-order valence-corrected chi connectivity index (χ3v) is 6.12. The SMILES string of the molecule is COc1cc(S(=O)(=O)N2CCNCC2C)c(OC)cc1Br. The molecule has 2 rings (SSSR count). The Labute approximate surface area is 133 Å². The maximum atomic E-state index is 12.9. The van der Waals surface area contributed by atoms with Crippen molar-refractivity contribution in [1.82, 2.24) is 9.62 Å². The Morgan fingerprint density at radius 1 is 1.29 bits per heavy atom. The highest BCUT2D eigenvalue weighted by molar-refractivity contribution is 9.10. The molecule has 118 valence electrons. The molecular formula is C13H19BrN2O4S. The van der Waals surface area contributed by atoms with Gasteiger partial charge in [0.2, 0.25) is 10.0 Å². The van der Waals surface area contributed by atoms with E-state index < -0.39 is 10.0 Å². The van der Waals surface area contributed by atoms with Crippen LogP contribution in [-0.2, 0) is 10.0 Å². The van der Waals surface area contributed by atoms with Crippen molar-refractivity contribution in [2.75, 3.05) is 33.9 Å². The molecule has 1 unspecified atom stereocenters. The zero-order valence-electron chi connectivity index (χ0n) is 12.2. The van der Waals surface area contributed by atoms with E-state index in [4.69, 9.17) is 9.47 Å². The highest BCUT2D eigenvalue weighted by atomic mass is 79.9. The molecule has 0 saturated carbocycles. The zero-order valence-corrected chi connectivity index (χ0v) is 14.6. The number of ether oxygens (including phenoxy) is 2. The number of nitrogens with zero attached hydrogens (tertiary/aromatic N) is 1. The number of sulfonamides is 1. The Balaban J connectivity index is 2.52. The molecule has 0 radical (unpaired) electrons. The van der Waals surface area contributed by atoms with Crippen molar-refractivity contribution in [2.45, 2.75) is 17.9 Å². The third-order valence-electron chi connectivity index (χ3n) is 3.47. The van der Waals surface area contributed by atoms with Crippen LogP contribution < -0.4 is 14.8 Å². The minimum absolute atomic E-state index is 0.108. The second kappa shape index (κ2) is 6.51. The van der Waals surface area contributed by atoms with Crippen LogP contribution in [0, 0.1) is 0 Å². The summed E-state index contributed by atoms with van der Waals surface area (Å²) in [5, 5.41) is 3.18. The number of methoxy groups -OCH3 is 2. The van der Waals surface area contributed by atoms with Crippen molar-refractivity contribution in [3.63, 3.8) is 0 Å². The summed E-state index contributed by atoms with van der Waals surface area (Å²) in [5.41, 5.74) is 0. The van der Waals surface area contributed by atoms with Crippen LogP contribution in [0.1, 0.15) is 6.92 Å². The smallest absolute Gasteiger partial charge is 0.247 e. The topological polar surface area (TPSA) is 67.9 Å². The monoisotopic (exact) mass is 378 g/mol. The van der Waals surface area contributed by atoms with Gasteiger partial charge in [0.15, 0.2) is 0 Å². The van der Waals surface area contributed by atoms with Crippen molar-refractivity contribution in [2.24, 2.45) is 0 Å². The molecule has 8 heteroatoms. The average Bonchev–Trinajstić information content (AvgIpc) is 2.46. The lowest BCUT2D eigenvalue weighted by Crippen LogP contribution is -2.52. The van der Waals surface area contributed by atoms with Crippen LogP contribution in [0.3, 0.4) is 0 Å². The van der Waals surface area contributed by atoms with Crippen LogP contribution in [0.15, 0.2) is 21.5 Å². The molecule has 1 atom stereocenters. The van der Waals surface area contributed by atoms with Gasteiger partial charge in [0.05, 0.1) is 18.7 Å². The largest absolute Gasteiger partial charge is 0.496 e. The molecule has 6 nitrogen and oxygen atoms in total. The Hall–Kier alpha value is -0.830. The van der Waals surface area contributed by atoms with Gasteiger partial charge in [-0.15, -0.1) is 0 Å². The van der Waals surface area contributed by atoms with Gasteiger partial charge in [-0.3, -0.25) is 0 Å². The van der Waals surface area contributed by atoms with E-state index >= 15 is 0 Å². The fraction of sp³-hybridized carbons (Fsp3) is 0.538.